The zero-order valence-electron chi connectivity index (χ0n) is 12.4. The number of hydrogen-bond donors (Lipinski definition) is 1. The summed E-state index contributed by atoms with van der Waals surface area (Å²) in [5.41, 5.74) is 0.294. The van der Waals surface area contributed by atoms with Crippen molar-refractivity contribution in [3.63, 3.8) is 0 Å². The molecule has 2 fully saturated rings. The number of carbonyl (C=O) groups excluding carboxylic acids is 1. The predicted molar refractivity (Wildman–Crippen MR) is 83.6 cm³/mol. The minimum absolute atomic E-state index is 0.294. The van der Waals surface area contributed by atoms with Crippen LogP contribution >= 0.6 is 12.6 Å². The average molecular weight is 283 g/mol. The van der Waals surface area contributed by atoms with Crippen LogP contribution < -0.4 is 0 Å². The number of thiol groups is 1. The SMILES string of the molecule is CC1CCC(=O)N(CC2(CS)CCCCCC2)CC1. The van der Waals surface area contributed by atoms with E-state index >= 15 is 0 Å². The summed E-state index contributed by atoms with van der Waals surface area (Å²) in [6.07, 6.45) is 10.9. The van der Waals surface area contributed by atoms with Crippen LogP contribution in [0.25, 0.3) is 0 Å². The second-order valence-corrected chi connectivity index (χ2v) is 7.14. The van der Waals surface area contributed by atoms with Gasteiger partial charge in [0, 0.05) is 19.5 Å². The molecule has 1 saturated heterocycles. The number of rotatable bonds is 3. The summed E-state index contributed by atoms with van der Waals surface area (Å²) in [5, 5.41) is 0. The van der Waals surface area contributed by atoms with Gasteiger partial charge in [-0.2, -0.15) is 12.6 Å². The standard InChI is InChI=1S/C16H29NOS/c1-14-6-7-15(18)17(11-8-14)12-16(13-19)9-4-2-3-5-10-16/h14,19H,2-13H2,1H3. The maximum absolute atomic E-state index is 12.3. The van der Waals surface area contributed by atoms with Crippen LogP contribution in [0, 0.1) is 11.3 Å². The second kappa shape index (κ2) is 7.01. The second-order valence-electron chi connectivity index (χ2n) is 6.82. The molecule has 0 aromatic rings. The van der Waals surface area contributed by atoms with E-state index in [0.717, 1.165) is 31.7 Å². The smallest absolute Gasteiger partial charge is 0.222 e. The molecule has 0 aromatic carbocycles. The Morgan fingerprint density at radius 3 is 2.53 bits per heavy atom. The van der Waals surface area contributed by atoms with Gasteiger partial charge in [-0.15, -0.1) is 0 Å². The van der Waals surface area contributed by atoms with Crippen LogP contribution in [0.1, 0.15) is 64.7 Å². The topological polar surface area (TPSA) is 20.3 Å². The minimum atomic E-state index is 0.294. The van der Waals surface area contributed by atoms with E-state index in [2.05, 4.69) is 24.5 Å². The number of carbonyl (C=O) groups is 1. The Kier molecular flexibility index (Phi) is 5.61. The first-order valence-corrected chi connectivity index (χ1v) is 8.67. The molecule has 3 heteroatoms. The lowest BCUT2D eigenvalue weighted by atomic mass is 9.81. The molecule has 19 heavy (non-hydrogen) atoms. The van der Waals surface area contributed by atoms with Crippen LogP contribution in [-0.2, 0) is 4.79 Å². The molecule has 1 unspecified atom stereocenters. The van der Waals surface area contributed by atoms with Gasteiger partial charge in [0.15, 0.2) is 0 Å². The van der Waals surface area contributed by atoms with Crippen molar-refractivity contribution in [3.05, 3.63) is 0 Å². The maximum atomic E-state index is 12.3. The zero-order chi connectivity index (χ0) is 13.7. The summed E-state index contributed by atoms with van der Waals surface area (Å²) in [5.74, 6) is 2.02. The molecule has 2 nitrogen and oxygen atoms in total. The summed E-state index contributed by atoms with van der Waals surface area (Å²) >= 11 is 4.63. The monoisotopic (exact) mass is 283 g/mol. The number of nitrogens with zero attached hydrogens (tertiary/aromatic N) is 1. The van der Waals surface area contributed by atoms with Gasteiger partial charge in [0.2, 0.25) is 5.91 Å². The van der Waals surface area contributed by atoms with Gasteiger partial charge < -0.3 is 4.90 Å². The lowest BCUT2D eigenvalue weighted by Crippen LogP contribution is -2.42. The van der Waals surface area contributed by atoms with Gasteiger partial charge in [-0.05, 0) is 42.8 Å². The van der Waals surface area contributed by atoms with Crippen LogP contribution in [0.5, 0.6) is 0 Å². The fourth-order valence-electron chi connectivity index (χ4n) is 3.59. The number of amides is 1. The highest BCUT2D eigenvalue weighted by atomic mass is 32.1. The van der Waals surface area contributed by atoms with Crippen molar-refractivity contribution in [2.45, 2.75) is 64.7 Å². The number of hydrogen-bond acceptors (Lipinski definition) is 2. The molecule has 2 rings (SSSR count). The van der Waals surface area contributed by atoms with Crippen LogP contribution in [0.4, 0.5) is 0 Å². The Bertz CT molecular complexity index is 297. The van der Waals surface area contributed by atoms with Gasteiger partial charge in [-0.3, -0.25) is 4.79 Å². The van der Waals surface area contributed by atoms with Gasteiger partial charge in [-0.1, -0.05) is 32.6 Å². The fourth-order valence-corrected chi connectivity index (χ4v) is 4.01. The van der Waals surface area contributed by atoms with Gasteiger partial charge in [0.05, 0.1) is 0 Å². The first kappa shape index (κ1) is 15.2. The van der Waals surface area contributed by atoms with Crippen molar-refractivity contribution in [1.29, 1.82) is 0 Å². The summed E-state index contributed by atoms with van der Waals surface area (Å²) in [7, 11) is 0. The molecule has 1 heterocycles. The highest BCUT2D eigenvalue weighted by Crippen LogP contribution is 2.37. The van der Waals surface area contributed by atoms with Gasteiger partial charge in [0.25, 0.3) is 0 Å². The molecule has 0 N–H and O–H groups in total. The Labute approximate surface area is 123 Å². The molecule has 0 radical (unpaired) electrons. The highest BCUT2D eigenvalue weighted by Gasteiger charge is 2.33. The van der Waals surface area contributed by atoms with Crippen LogP contribution in [0.2, 0.25) is 0 Å². The van der Waals surface area contributed by atoms with Crippen LogP contribution in [0.15, 0.2) is 0 Å². The lowest BCUT2D eigenvalue weighted by molar-refractivity contribution is -0.132. The molecular formula is C16H29NOS. The van der Waals surface area contributed by atoms with Crippen molar-refractivity contribution >= 4 is 18.5 Å². The molecule has 1 atom stereocenters. The van der Waals surface area contributed by atoms with E-state index in [-0.39, 0.29) is 0 Å². The van der Waals surface area contributed by atoms with Crippen molar-refractivity contribution in [2.75, 3.05) is 18.8 Å². The first-order valence-electron chi connectivity index (χ1n) is 8.04. The van der Waals surface area contributed by atoms with E-state index in [4.69, 9.17) is 0 Å². The van der Waals surface area contributed by atoms with Gasteiger partial charge in [-0.25, -0.2) is 0 Å². The highest BCUT2D eigenvalue weighted by molar-refractivity contribution is 7.80. The predicted octanol–water partition coefficient (Wildman–Crippen LogP) is 3.91. The molecule has 1 aliphatic heterocycles. The lowest BCUT2D eigenvalue weighted by Gasteiger charge is -2.36. The van der Waals surface area contributed by atoms with Crippen molar-refractivity contribution in [2.24, 2.45) is 11.3 Å². The van der Waals surface area contributed by atoms with E-state index in [9.17, 15) is 4.79 Å². The van der Waals surface area contributed by atoms with Crippen molar-refractivity contribution < 1.29 is 4.79 Å². The summed E-state index contributed by atoms with van der Waals surface area (Å²) in [6.45, 7) is 4.20. The molecule has 1 amide bonds. The maximum Gasteiger partial charge on any atom is 0.222 e. The quantitative estimate of drug-likeness (QED) is 0.615. The van der Waals surface area contributed by atoms with Crippen molar-refractivity contribution in [3.8, 4) is 0 Å². The molecule has 2 aliphatic rings. The molecule has 1 saturated carbocycles. The Morgan fingerprint density at radius 1 is 1.21 bits per heavy atom. The van der Waals surface area contributed by atoms with Crippen LogP contribution in [0.3, 0.4) is 0 Å². The van der Waals surface area contributed by atoms with Crippen molar-refractivity contribution in [1.82, 2.24) is 4.90 Å². The Morgan fingerprint density at radius 2 is 1.89 bits per heavy atom. The molecule has 1 aliphatic carbocycles. The first-order chi connectivity index (χ1) is 9.15. The van der Waals surface area contributed by atoms with Gasteiger partial charge in [0.1, 0.15) is 0 Å². The van der Waals surface area contributed by atoms with E-state index < -0.39 is 0 Å². The number of likely N-dealkylation sites (tertiary alicyclic amines) is 1. The normalized spacial score (nSPS) is 28.8. The molecule has 0 spiro atoms. The third-order valence-corrected chi connectivity index (χ3v) is 5.79. The Hall–Kier alpha value is -0.180. The molecule has 110 valence electrons. The molecular weight excluding hydrogens is 254 g/mol. The summed E-state index contributed by atoms with van der Waals surface area (Å²) in [6, 6.07) is 0. The molecule has 0 aromatic heterocycles. The summed E-state index contributed by atoms with van der Waals surface area (Å²) in [4.78, 5) is 14.4. The van der Waals surface area contributed by atoms with E-state index in [1.807, 2.05) is 0 Å². The third kappa shape index (κ3) is 4.14. The average Bonchev–Trinajstić information content (AvgIpc) is 2.74. The summed E-state index contributed by atoms with van der Waals surface area (Å²) < 4.78 is 0. The zero-order valence-corrected chi connectivity index (χ0v) is 13.3. The van der Waals surface area contributed by atoms with E-state index in [0.29, 0.717) is 17.2 Å². The van der Waals surface area contributed by atoms with E-state index in [1.54, 1.807) is 0 Å². The third-order valence-electron chi connectivity index (χ3n) is 5.12. The van der Waals surface area contributed by atoms with E-state index in [1.165, 1.54) is 44.9 Å². The van der Waals surface area contributed by atoms with Crippen LogP contribution in [-0.4, -0.2) is 29.6 Å². The fraction of sp³-hybridized carbons (Fsp3) is 0.938. The minimum Gasteiger partial charge on any atom is -0.342 e. The van der Waals surface area contributed by atoms with Gasteiger partial charge >= 0.3 is 0 Å². The Balaban J connectivity index is 2.01. The largest absolute Gasteiger partial charge is 0.342 e. The molecule has 0 bridgehead atoms.